The lowest BCUT2D eigenvalue weighted by atomic mass is 10.1. The molecular weight excluding hydrogens is 282 g/mol. The number of rotatable bonds is 4. The van der Waals surface area contributed by atoms with Gasteiger partial charge >= 0.3 is 0 Å². The molecular formula is C17H17NO2S. The Hall–Kier alpha value is -1.75. The zero-order valence-electron chi connectivity index (χ0n) is 11.8. The van der Waals surface area contributed by atoms with Gasteiger partial charge in [0, 0.05) is 20.2 Å². The van der Waals surface area contributed by atoms with Crippen molar-refractivity contribution in [1.29, 1.82) is 0 Å². The van der Waals surface area contributed by atoms with Crippen LogP contribution in [0.5, 0.6) is 0 Å². The lowest BCUT2D eigenvalue weighted by Crippen LogP contribution is -2.22. The number of fused-ring (bicyclic) bond motifs is 2. The minimum atomic E-state index is -0.258. The van der Waals surface area contributed by atoms with Gasteiger partial charge in [-0.3, -0.25) is 4.79 Å². The molecule has 3 rings (SSSR count). The summed E-state index contributed by atoms with van der Waals surface area (Å²) in [5, 5.41) is 1.53. The monoisotopic (exact) mass is 299 g/mol. The summed E-state index contributed by atoms with van der Waals surface area (Å²) < 4.78 is 7.56. The Bertz CT molecular complexity index is 841. The number of hydrogen-bond acceptors (Lipinski definition) is 4. The summed E-state index contributed by atoms with van der Waals surface area (Å²) in [5.74, 6) is 0. The molecule has 1 unspecified atom stereocenters. The third kappa shape index (κ3) is 2.83. The van der Waals surface area contributed by atoms with Gasteiger partial charge in [0.1, 0.15) is 6.23 Å². The first kappa shape index (κ1) is 14.2. The molecule has 1 heterocycles. The quantitative estimate of drug-likeness (QED) is 0.591. The van der Waals surface area contributed by atoms with Crippen LogP contribution in [0.3, 0.4) is 0 Å². The van der Waals surface area contributed by atoms with Crippen LogP contribution in [0, 0.1) is 0 Å². The van der Waals surface area contributed by atoms with Crippen LogP contribution in [-0.4, -0.2) is 6.23 Å². The molecule has 21 heavy (non-hydrogen) atoms. The normalized spacial score (nSPS) is 12.9. The summed E-state index contributed by atoms with van der Waals surface area (Å²) in [6.07, 6.45) is 0.513. The number of ether oxygens (including phenoxy) is 1. The standard InChI is InChI=1S/C17H17NO2S/c1-2-16(18)20-10-11-7-8-15-13(9-11)17(19)12-5-3-4-6-14(12)21-15/h3-9,16H,2,10,18H2,1H3. The van der Waals surface area contributed by atoms with E-state index in [1.54, 1.807) is 11.3 Å². The van der Waals surface area contributed by atoms with Gasteiger partial charge in [-0.15, -0.1) is 11.3 Å². The Morgan fingerprint density at radius 3 is 2.71 bits per heavy atom. The van der Waals surface area contributed by atoms with E-state index in [4.69, 9.17) is 10.5 Å². The van der Waals surface area contributed by atoms with Gasteiger partial charge in [-0.25, -0.2) is 0 Å². The van der Waals surface area contributed by atoms with Crippen molar-refractivity contribution in [3.8, 4) is 0 Å². The maximum atomic E-state index is 12.6. The Kier molecular flexibility index (Phi) is 4.01. The highest BCUT2D eigenvalue weighted by atomic mass is 32.1. The average Bonchev–Trinajstić information content (AvgIpc) is 2.53. The predicted molar refractivity (Wildman–Crippen MR) is 88.7 cm³/mol. The van der Waals surface area contributed by atoms with Crippen molar-refractivity contribution in [1.82, 2.24) is 0 Å². The van der Waals surface area contributed by atoms with E-state index >= 15 is 0 Å². The molecule has 0 spiro atoms. The highest BCUT2D eigenvalue weighted by Crippen LogP contribution is 2.25. The second-order valence-electron chi connectivity index (χ2n) is 5.02. The fraction of sp³-hybridized carbons (Fsp3) is 0.235. The molecule has 0 aliphatic heterocycles. The van der Waals surface area contributed by atoms with Gasteiger partial charge in [0.25, 0.3) is 0 Å². The molecule has 0 saturated heterocycles. The lowest BCUT2D eigenvalue weighted by molar-refractivity contribution is 0.0427. The predicted octanol–water partition coefficient (Wildman–Crippen LogP) is 3.63. The van der Waals surface area contributed by atoms with Gasteiger partial charge in [0.15, 0.2) is 5.43 Å². The molecule has 0 radical (unpaired) electrons. The summed E-state index contributed by atoms with van der Waals surface area (Å²) in [7, 11) is 0. The largest absolute Gasteiger partial charge is 0.359 e. The van der Waals surface area contributed by atoms with E-state index in [-0.39, 0.29) is 11.7 Å². The van der Waals surface area contributed by atoms with E-state index in [9.17, 15) is 4.79 Å². The van der Waals surface area contributed by atoms with Crippen molar-refractivity contribution in [3.05, 3.63) is 58.3 Å². The Labute approximate surface area is 127 Å². The highest BCUT2D eigenvalue weighted by molar-refractivity contribution is 7.24. The smallest absolute Gasteiger partial charge is 0.195 e. The van der Waals surface area contributed by atoms with E-state index in [1.807, 2.05) is 49.4 Å². The van der Waals surface area contributed by atoms with Crippen LogP contribution in [0.2, 0.25) is 0 Å². The molecule has 0 amide bonds. The molecule has 3 nitrogen and oxygen atoms in total. The van der Waals surface area contributed by atoms with Crippen molar-refractivity contribution in [2.75, 3.05) is 0 Å². The molecule has 0 saturated carbocycles. The van der Waals surface area contributed by atoms with E-state index < -0.39 is 0 Å². The zero-order valence-corrected chi connectivity index (χ0v) is 12.7. The Balaban J connectivity index is 2.06. The van der Waals surface area contributed by atoms with E-state index in [2.05, 4.69) is 0 Å². The molecule has 0 aliphatic carbocycles. The molecule has 0 bridgehead atoms. The molecule has 1 aromatic heterocycles. The maximum absolute atomic E-state index is 12.6. The molecule has 4 heteroatoms. The molecule has 2 N–H and O–H groups in total. The summed E-state index contributed by atoms with van der Waals surface area (Å²) in [6.45, 7) is 2.41. The molecule has 108 valence electrons. The summed E-state index contributed by atoms with van der Waals surface area (Å²) in [6, 6.07) is 13.6. The van der Waals surface area contributed by atoms with Crippen LogP contribution in [0.15, 0.2) is 47.3 Å². The summed E-state index contributed by atoms with van der Waals surface area (Å²) >= 11 is 1.64. The van der Waals surface area contributed by atoms with Crippen molar-refractivity contribution in [3.63, 3.8) is 0 Å². The first-order valence-corrected chi connectivity index (χ1v) is 7.82. The molecule has 0 aliphatic rings. The number of hydrogen-bond donors (Lipinski definition) is 1. The molecule has 3 aromatic rings. The van der Waals surface area contributed by atoms with Gasteiger partial charge in [-0.1, -0.05) is 25.1 Å². The highest BCUT2D eigenvalue weighted by Gasteiger charge is 2.07. The van der Waals surface area contributed by atoms with Crippen molar-refractivity contribution in [2.45, 2.75) is 26.2 Å². The van der Waals surface area contributed by atoms with Crippen LogP contribution in [0.1, 0.15) is 18.9 Å². The third-order valence-corrected chi connectivity index (χ3v) is 4.66. The fourth-order valence-electron chi connectivity index (χ4n) is 2.26. The van der Waals surface area contributed by atoms with Gasteiger partial charge in [0.05, 0.1) is 6.61 Å². The summed E-state index contributed by atoms with van der Waals surface area (Å²) in [4.78, 5) is 12.6. The molecule has 2 aromatic carbocycles. The SMILES string of the molecule is CCC(N)OCc1ccc2sc3ccccc3c(=O)c2c1. The van der Waals surface area contributed by atoms with Gasteiger partial charge in [0.2, 0.25) is 0 Å². The van der Waals surface area contributed by atoms with Crippen LogP contribution in [-0.2, 0) is 11.3 Å². The third-order valence-electron chi connectivity index (χ3n) is 3.51. The van der Waals surface area contributed by atoms with E-state index in [1.165, 1.54) is 0 Å². The minimum Gasteiger partial charge on any atom is -0.359 e. The molecule has 1 atom stereocenters. The maximum Gasteiger partial charge on any atom is 0.195 e. The van der Waals surface area contributed by atoms with Gasteiger partial charge < -0.3 is 10.5 Å². The van der Waals surface area contributed by atoms with E-state index in [0.29, 0.717) is 6.61 Å². The van der Waals surface area contributed by atoms with Crippen molar-refractivity contribution >= 4 is 31.5 Å². The number of nitrogens with two attached hydrogens (primary N) is 1. The first-order valence-electron chi connectivity index (χ1n) is 7.00. The van der Waals surface area contributed by atoms with Gasteiger partial charge in [-0.2, -0.15) is 0 Å². The van der Waals surface area contributed by atoms with Crippen LogP contribution >= 0.6 is 11.3 Å². The van der Waals surface area contributed by atoms with Crippen LogP contribution < -0.4 is 11.2 Å². The Morgan fingerprint density at radius 1 is 1.14 bits per heavy atom. The van der Waals surface area contributed by atoms with Gasteiger partial charge in [-0.05, 0) is 36.2 Å². The Morgan fingerprint density at radius 2 is 1.90 bits per heavy atom. The van der Waals surface area contributed by atoms with Crippen molar-refractivity contribution < 1.29 is 4.74 Å². The number of benzene rings is 2. The van der Waals surface area contributed by atoms with Crippen molar-refractivity contribution in [2.24, 2.45) is 5.73 Å². The zero-order chi connectivity index (χ0) is 14.8. The first-order chi connectivity index (χ1) is 10.2. The fourth-order valence-corrected chi connectivity index (χ4v) is 3.31. The minimum absolute atomic E-state index is 0.0842. The summed E-state index contributed by atoms with van der Waals surface area (Å²) in [5.41, 5.74) is 6.82. The lowest BCUT2D eigenvalue weighted by Gasteiger charge is -2.11. The van der Waals surface area contributed by atoms with Crippen LogP contribution in [0.4, 0.5) is 0 Å². The second-order valence-corrected chi connectivity index (χ2v) is 6.10. The second kappa shape index (κ2) is 5.93. The van der Waals surface area contributed by atoms with Crippen LogP contribution in [0.25, 0.3) is 20.2 Å². The average molecular weight is 299 g/mol. The topological polar surface area (TPSA) is 52.3 Å². The van der Waals surface area contributed by atoms with E-state index in [0.717, 1.165) is 32.2 Å². The molecule has 0 fully saturated rings.